The summed E-state index contributed by atoms with van der Waals surface area (Å²) in [5.41, 5.74) is 5.82. The van der Waals surface area contributed by atoms with Crippen molar-refractivity contribution in [1.82, 2.24) is 15.3 Å². The monoisotopic (exact) mass is 597 g/mol. The quantitative estimate of drug-likeness (QED) is 0.149. The highest BCUT2D eigenvalue weighted by Crippen LogP contribution is 2.30. The Morgan fingerprint density at radius 3 is 2.26 bits per heavy atom. The van der Waals surface area contributed by atoms with Crippen molar-refractivity contribution in [3.05, 3.63) is 95.1 Å². The lowest BCUT2D eigenvalue weighted by atomic mass is 9.86. The summed E-state index contributed by atoms with van der Waals surface area (Å²) >= 11 is 1.95. The summed E-state index contributed by atoms with van der Waals surface area (Å²) in [5.74, 6) is 3.30. The number of nitrogens with one attached hydrogen (secondary N) is 2. The van der Waals surface area contributed by atoms with E-state index in [0.29, 0.717) is 17.2 Å². The molecule has 1 aromatic heterocycles. The number of aliphatic hydroxyl groups is 1. The van der Waals surface area contributed by atoms with Gasteiger partial charge in [0, 0.05) is 43.1 Å². The fourth-order valence-electron chi connectivity index (χ4n) is 5.89. The summed E-state index contributed by atoms with van der Waals surface area (Å²) in [5, 5.41) is 19.9. The standard InChI is InChI=1S/C36H47N5OS/c1-25-9-13-28(14-10-25)24-43-31(21-34(42)29-17-11-26(2)12-18-29)23-37-22-27-15-19-30(20-16-27)38-36-39-33-8-6-5-7-32(33)35(40-36)41(3)4/h5-14,17-18,27,30-31,34,37,42H,15-16,19-24H2,1-4H3,(H,38,39,40)/t27-,30+,31?,34?. The zero-order chi connectivity index (χ0) is 30.2. The number of fused-ring (bicyclic) bond motifs is 1. The Kier molecular flexibility index (Phi) is 11.0. The van der Waals surface area contributed by atoms with E-state index in [1.165, 1.54) is 29.5 Å². The third-order valence-corrected chi connectivity index (χ3v) is 9.88. The smallest absolute Gasteiger partial charge is 0.225 e. The predicted molar refractivity (Wildman–Crippen MR) is 183 cm³/mol. The van der Waals surface area contributed by atoms with Crippen LogP contribution in [0.4, 0.5) is 11.8 Å². The van der Waals surface area contributed by atoms with Crippen molar-refractivity contribution in [2.45, 2.75) is 69.1 Å². The number of thioether (sulfide) groups is 1. The van der Waals surface area contributed by atoms with Crippen LogP contribution in [0.5, 0.6) is 0 Å². The van der Waals surface area contributed by atoms with Crippen LogP contribution < -0.4 is 15.5 Å². The van der Waals surface area contributed by atoms with Crippen LogP contribution in [-0.4, -0.2) is 53.6 Å². The Bertz CT molecular complexity index is 1430. The maximum atomic E-state index is 11.1. The van der Waals surface area contributed by atoms with Crippen molar-refractivity contribution in [1.29, 1.82) is 0 Å². The minimum atomic E-state index is -0.454. The first-order valence-electron chi connectivity index (χ1n) is 15.7. The molecule has 0 aliphatic heterocycles. The molecule has 1 saturated carbocycles. The van der Waals surface area contributed by atoms with E-state index in [-0.39, 0.29) is 0 Å². The first-order valence-corrected chi connectivity index (χ1v) is 16.7. The van der Waals surface area contributed by atoms with Crippen molar-refractivity contribution in [3.63, 3.8) is 0 Å². The van der Waals surface area contributed by atoms with Gasteiger partial charge >= 0.3 is 0 Å². The molecule has 43 heavy (non-hydrogen) atoms. The van der Waals surface area contributed by atoms with Crippen molar-refractivity contribution in [2.24, 2.45) is 5.92 Å². The number of anilines is 2. The second-order valence-corrected chi connectivity index (χ2v) is 13.7. The largest absolute Gasteiger partial charge is 0.388 e. The molecule has 3 aromatic carbocycles. The Labute approximate surface area is 261 Å². The number of aliphatic hydroxyl groups excluding tert-OH is 1. The molecule has 0 saturated heterocycles. The van der Waals surface area contributed by atoms with E-state index in [9.17, 15) is 5.11 Å². The van der Waals surface area contributed by atoms with Gasteiger partial charge in [0.15, 0.2) is 0 Å². The summed E-state index contributed by atoms with van der Waals surface area (Å²) in [6, 6.07) is 25.7. The highest BCUT2D eigenvalue weighted by atomic mass is 32.2. The van der Waals surface area contributed by atoms with Gasteiger partial charge in [0.05, 0.1) is 11.6 Å². The van der Waals surface area contributed by atoms with Crippen molar-refractivity contribution < 1.29 is 5.11 Å². The van der Waals surface area contributed by atoms with Gasteiger partial charge in [-0.2, -0.15) is 16.7 Å². The number of nitrogens with zero attached hydrogens (tertiary/aromatic N) is 3. The molecule has 6 nitrogen and oxygen atoms in total. The second-order valence-electron chi connectivity index (χ2n) is 12.4. The fraction of sp³-hybridized carbons (Fsp3) is 0.444. The Morgan fingerprint density at radius 2 is 1.56 bits per heavy atom. The van der Waals surface area contributed by atoms with Crippen molar-refractivity contribution in [2.75, 3.05) is 37.4 Å². The topological polar surface area (TPSA) is 73.3 Å². The molecule has 0 bridgehead atoms. The fourth-order valence-corrected chi connectivity index (χ4v) is 7.06. The van der Waals surface area contributed by atoms with Gasteiger partial charge in [0.25, 0.3) is 0 Å². The first-order chi connectivity index (χ1) is 20.8. The number of benzene rings is 3. The lowest BCUT2D eigenvalue weighted by Gasteiger charge is -2.30. The number of hydrogen-bond donors (Lipinski definition) is 3. The predicted octanol–water partition coefficient (Wildman–Crippen LogP) is 7.30. The molecule has 2 unspecified atom stereocenters. The lowest BCUT2D eigenvalue weighted by molar-refractivity contribution is 0.166. The Balaban J connectivity index is 1.12. The third-order valence-electron chi connectivity index (χ3n) is 8.55. The first kappa shape index (κ1) is 31.3. The van der Waals surface area contributed by atoms with Crippen LogP contribution in [0.1, 0.15) is 60.5 Å². The molecule has 5 rings (SSSR count). The number of para-hydroxylation sites is 1. The van der Waals surface area contributed by atoms with Crippen LogP contribution in [0, 0.1) is 19.8 Å². The summed E-state index contributed by atoms with van der Waals surface area (Å²) in [4.78, 5) is 11.7. The number of aromatic nitrogens is 2. The summed E-state index contributed by atoms with van der Waals surface area (Å²) < 4.78 is 0. The molecule has 1 aliphatic carbocycles. The van der Waals surface area contributed by atoms with Gasteiger partial charge in [-0.25, -0.2) is 4.98 Å². The maximum Gasteiger partial charge on any atom is 0.225 e. The van der Waals surface area contributed by atoms with Gasteiger partial charge in [-0.05, 0) is 81.7 Å². The highest BCUT2D eigenvalue weighted by Gasteiger charge is 2.23. The van der Waals surface area contributed by atoms with E-state index >= 15 is 0 Å². The number of aryl methyl sites for hydroxylation is 2. The third kappa shape index (κ3) is 8.94. The van der Waals surface area contributed by atoms with Gasteiger partial charge < -0.3 is 20.6 Å². The van der Waals surface area contributed by atoms with Gasteiger partial charge in [0.1, 0.15) is 5.82 Å². The van der Waals surface area contributed by atoms with Gasteiger partial charge in [-0.15, -0.1) is 0 Å². The number of rotatable bonds is 13. The molecule has 1 fully saturated rings. The maximum absolute atomic E-state index is 11.1. The lowest BCUT2D eigenvalue weighted by Crippen LogP contribution is -2.34. The molecule has 0 radical (unpaired) electrons. The molecular formula is C36H47N5OS. The summed E-state index contributed by atoms with van der Waals surface area (Å²) in [7, 11) is 4.07. The van der Waals surface area contributed by atoms with Gasteiger partial charge in [-0.1, -0.05) is 71.8 Å². The zero-order valence-electron chi connectivity index (χ0n) is 26.1. The molecule has 1 aliphatic rings. The normalized spacial score (nSPS) is 18.3. The van der Waals surface area contributed by atoms with E-state index in [1.54, 1.807) is 0 Å². The zero-order valence-corrected chi connectivity index (χ0v) is 26.9. The SMILES string of the molecule is Cc1ccc(CSC(CNC[C@H]2CC[C@@H](Nc3nc(N(C)C)c4ccccc4n3)CC2)CC(O)c2ccc(C)cc2)cc1. The van der Waals surface area contributed by atoms with E-state index in [1.807, 2.05) is 38.0 Å². The van der Waals surface area contributed by atoms with Gasteiger partial charge in [0.2, 0.25) is 5.95 Å². The minimum Gasteiger partial charge on any atom is -0.388 e. The molecular weight excluding hydrogens is 550 g/mol. The minimum absolute atomic E-state index is 0.326. The van der Waals surface area contributed by atoms with Crippen molar-refractivity contribution in [3.8, 4) is 0 Å². The van der Waals surface area contributed by atoms with Crippen LogP contribution >= 0.6 is 11.8 Å². The molecule has 4 aromatic rings. The highest BCUT2D eigenvalue weighted by molar-refractivity contribution is 7.99. The van der Waals surface area contributed by atoms with E-state index in [0.717, 1.165) is 66.3 Å². The van der Waals surface area contributed by atoms with E-state index < -0.39 is 6.10 Å². The van der Waals surface area contributed by atoms with Crippen LogP contribution in [0.25, 0.3) is 10.9 Å². The van der Waals surface area contributed by atoms with Crippen LogP contribution in [0.2, 0.25) is 0 Å². The average molecular weight is 598 g/mol. The molecule has 228 valence electrons. The summed E-state index contributed by atoms with van der Waals surface area (Å²) in [6.45, 7) is 6.13. The Morgan fingerprint density at radius 1 is 0.884 bits per heavy atom. The van der Waals surface area contributed by atoms with Gasteiger partial charge in [-0.3, -0.25) is 0 Å². The molecule has 1 heterocycles. The number of hydrogen-bond acceptors (Lipinski definition) is 7. The van der Waals surface area contributed by atoms with Crippen molar-refractivity contribution >= 4 is 34.4 Å². The van der Waals surface area contributed by atoms with E-state index in [4.69, 9.17) is 9.97 Å². The molecule has 0 spiro atoms. The van der Waals surface area contributed by atoms with Crippen LogP contribution in [0.15, 0.2) is 72.8 Å². The molecule has 2 atom stereocenters. The molecule has 3 N–H and O–H groups in total. The Hall–Kier alpha value is -3.13. The second kappa shape index (κ2) is 15.0. The molecule has 7 heteroatoms. The van der Waals surface area contributed by atoms with Crippen LogP contribution in [-0.2, 0) is 5.75 Å². The van der Waals surface area contributed by atoms with Crippen LogP contribution in [0.3, 0.4) is 0 Å². The average Bonchev–Trinajstić information content (AvgIpc) is 3.01. The molecule has 0 amide bonds. The summed E-state index contributed by atoms with van der Waals surface area (Å²) in [6.07, 6.45) is 4.90. The van der Waals surface area contributed by atoms with E-state index in [2.05, 4.69) is 90.0 Å².